The van der Waals surface area contributed by atoms with Crippen molar-refractivity contribution < 1.29 is 9.47 Å². The predicted octanol–water partition coefficient (Wildman–Crippen LogP) is 4.61. The number of nitrogens with zero attached hydrogens (tertiary/aromatic N) is 1. The summed E-state index contributed by atoms with van der Waals surface area (Å²) in [4.78, 5) is 3.92. The Hall–Kier alpha value is -0.970. The van der Waals surface area contributed by atoms with Crippen LogP contribution in [-0.2, 0) is 0 Å². The van der Waals surface area contributed by atoms with Crippen molar-refractivity contribution in [2.45, 2.75) is 0 Å². The molecule has 0 unspecified atom stereocenters. The second-order valence-corrected chi connectivity index (χ2v) is 5.21. The summed E-state index contributed by atoms with van der Waals surface area (Å²) < 4.78 is 11.8. The number of rotatable bonds is 5. The van der Waals surface area contributed by atoms with Crippen LogP contribution in [0, 0.1) is 0 Å². The Morgan fingerprint density at radius 1 is 1.05 bits per heavy atom. The molecule has 0 radical (unpaired) electrons. The predicted molar refractivity (Wildman–Crippen MR) is 79.4 cm³/mol. The van der Waals surface area contributed by atoms with Gasteiger partial charge in [0.05, 0.1) is 4.47 Å². The van der Waals surface area contributed by atoms with Gasteiger partial charge in [-0.15, -0.1) is 0 Å². The van der Waals surface area contributed by atoms with Gasteiger partial charge in [-0.2, -0.15) is 0 Å². The van der Waals surface area contributed by atoms with E-state index in [1.54, 1.807) is 36.5 Å². The van der Waals surface area contributed by atoms with E-state index in [9.17, 15) is 0 Å². The first-order valence-corrected chi connectivity index (χ1v) is 7.03. The normalized spacial score (nSPS) is 10.3. The van der Waals surface area contributed by atoms with Crippen molar-refractivity contribution in [3.8, 4) is 11.5 Å². The molecule has 1 aromatic carbocycles. The molecule has 19 heavy (non-hydrogen) atoms. The summed E-state index contributed by atoms with van der Waals surface area (Å²) in [6.45, 7) is 0.770. The highest BCUT2D eigenvalue weighted by Crippen LogP contribution is 2.28. The van der Waals surface area contributed by atoms with Gasteiger partial charge in [0.15, 0.2) is 10.9 Å². The number of benzene rings is 1. The zero-order valence-electron chi connectivity index (χ0n) is 9.78. The van der Waals surface area contributed by atoms with Crippen LogP contribution in [0.5, 0.6) is 11.5 Å². The van der Waals surface area contributed by atoms with Crippen LogP contribution in [-0.4, -0.2) is 18.2 Å². The third-order valence-electron chi connectivity index (χ3n) is 2.22. The Morgan fingerprint density at radius 3 is 2.47 bits per heavy atom. The largest absolute Gasteiger partial charge is 0.489 e. The molecule has 2 rings (SSSR count). The van der Waals surface area contributed by atoms with Crippen LogP contribution in [0.3, 0.4) is 0 Å². The van der Waals surface area contributed by atoms with Gasteiger partial charge in [-0.25, -0.2) is 4.98 Å². The van der Waals surface area contributed by atoms with Gasteiger partial charge in [-0.05, 0) is 46.3 Å². The van der Waals surface area contributed by atoms with E-state index in [0.717, 1.165) is 4.47 Å². The van der Waals surface area contributed by atoms with Crippen LogP contribution < -0.4 is 9.47 Å². The Morgan fingerprint density at radius 2 is 1.79 bits per heavy atom. The lowest BCUT2D eigenvalue weighted by Crippen LogP contribution is -2.09. The van der Waals surface area contributed by atoms with Gasteiger partial charge in [-0.1, -0.05) is 23.2 Å². The van der Waals surface area contributed by atoms with Crippen LogP contribution >= 0.6 is 39.1 Å². The average molecular weight is 363 g/mol. The average Bonchev–Trinajstić information content (AvgIpc) is 2.38. The smallest absolute Gasteiger partial charge is 0.171 e. The Labute approximate surface area is 129 Å². The van der Waals surface area contributed by atoms with E-state index >= 15 is 0 Å². The molecule has 0 aliphatic carbocycles. The van der Waals surface area contributed by atoms with E-state index in [0.29, 0.717) is 34.9 Å². The molecule has 1 heterocycles. The summed E-state index contributed by atoms with van der Waals surface area (Å²) in [5.74, 6) is 1.26. The van der Waals surface area contributed by atoms with Crippen molar-refractivity contribution >= 4 is 39.1 Å². The Bertz CT molecular complexity index is 566. The molecular weight excluding hydrogens is 353 g/mol. The summed E-state index contributed by atoms with van der Waals surface area (Å²) in [5.41, 5.74) is 0. The molecular formula is C13H10BrCl2NO2. The maximum Gasteiger partial charge on any atom is 0.171 e. The van der Waals surface area contributed by atoms with Gasteiger partial charge >= 0.3 is 0 Å². The molecule has 0 amide bonds. The van der Waals surface area contributed by atoms with Gasteiger partial charge in [-0.3, -0.25) is 0 Å². The molecule has 0 aliphatic rings. The fourth-order valence-corrected chi connectivity index (χ4v) is 2.35. The molecule has 3 nitrogen and oxygen atoms in total. The summed E-state index contributed by atoms with van der Waals surface area (Å²) in [5, 5.41) is 0.993. The van der Waals surface area contributed by atoms with E-state index in [1.807, 2.05) is 0 Å². The molecule has 0 bridgehead atoms. The molecule has 6 heteroatoms. The van der Waals surface area contributed by atoms with Gasteiger partial charge in [0.1, 0.15) is 19.0 Å². The molecule has 0 fully saturated rings. The lowest BCUT2D eigenvalue weighted by atomic mass is 10.3. The van der Waals surface area contributed by atoms with E-state index in [-0.39, 0.29) is 0 Å². The number of pyridine rings is 1. The third-order valence-corrected chi connectivity index (χ3v) is 3.36. The molecule has 0 saturated heterocycles. The summed E-state index contributed by atoms with van der Waals surface area (Å²) in [6.07, 6.45) is 1.61. The minimum atomic E-state index is 0.343. The topological polar surface area (TPSA) is 31.4 Å². The van der Waals surface area contributed by atoms with E-state index in [2.05, 4.69) is 20.9 Å². The second-order valence-electron chi connectivity index (χ2n) is 3.56. The molecule has 100 valence electrons. The standard InChI is InChI=1S/C13H10BrCl2NO2/c14-10-8-9(15)3-4-11(10)18-6-7-19-12-2-1-5-17-13(12)16/h1-5,8H,6-7H2. The lowest BCUT2D eigenvalue weighted by Gasteiger charge is -2.10. The zero-order valence-corrected chi connectivity index (χ0v) is 12.9. The Balaban J connectivity index is 1.83. The number of ether oxygens (including phenoxy) is 2. The lowest BCUT2D eigenvalue weighted by molar-refractivity contribution is 0.216. The molecule has 0 N–H and O–H groups in total. The molecule has 0 spiro atoms. The molecule has 2 aromatic rings. The van der Waals surface area contributed by atoms with Gasteiger partial charge in [0, 0.05) is 11.2 Å². The zero-order chi connectivity index (χ0) is 13.7. The van der Waals surface area contributed by atoms with Crippen LogP contribution in [0.4, 0.5) is 0 Å². The van der Waals surface area contributed by atoms with Crippen molar-refractivity contribution in [1.82, 2.24) is 4.98 Å². The van der Waals surface area contributed by atoms with E-state index in [4.69, 9.17) is 32.7 Å². The molecule has 0 aliphatic heterocycles. The van der Waals surface area contributed by atoms with Gasteiger partial charge in [0.25, 0.3) is 0 Å². The van der Waals surface area contributed by atoms with Crippen LogP contribution in [0.25, 0.3) is 0 Å². The first-order chi connectivity index (χ1) is 9.16. The fourth-order valence-electron chi connectivity index (χ4n) is 1.37. The molecule has 0 atom stereocenters. The monoisotopic (exact) mass is 361 g/mol. The number of aromatic nitrogens is 1. The summed E-state index contributed by atoms with van der Waals surface area (Å²) in [7, 11) is 0. The maximum atomic E-state index is 5.86. The van der Waals surface area contributed by atoms with Crippen molar-refractivity contribution in [3.05, 3.63) is 51.2 Å². The highest BCUT2D eigenvalue weighted by Gasteiger charge is 2.03. The minimum Gasteiger partial charge on any atom is -0.489 e. The first-order valence-electron chi connectivity index (χ1n) is 5.48. The number of hydrogen-bond acceptors (Lipinski definition) is 3. The quantitative estimate of drug-likeness (QED) is 0.575. The minimum absolute atomic E-state index is 0.343. The van der Waals surface area contributed by atoms with Crippen LogP contribution in [0.1, 0.15) is 0 Å². The van der Waals surface area contributed by atoms with Crippen molar-refractivity contribution in [2.75, 3.05) is 13.2 Å². The molecule has 1 aromatic heterocycles. The van der Waals surface area contributed by atoms with Crippen LogP contribution in [0.15, 0.2) is 41.0 Å². The maximum absolute atomic E-state index is 5.86. The molecule has 0 saturated carbocycles. The van der Waals surface area contributed by atoms with Crippen LogP contribution in [0.2, 0.25) is 10.2 Å². The van der Waals surface area contributed by atoms with Gasteiger partial charge in [0.2, 0.25) is 0 Å². The fraction of sp³-hybridized carbons (Fsp3) is 0.154. The van der Waals surface area contributed by atoms with Gasteiger partial charge < -0.3 is 9.47 Å². The van der Waals surface area contributed by atoms with Crippen molar-refractivity contribution in [3.63, 3.8) is 0 Å². The second kappa shape index (κ2) is 6.98. The van der Waals surface area contributed by atoms with Crippen molar-refractivity contribution in [1.29, 1.82) is 0 Å². The SMILES string of the molecule is Clc1ccc(OCCOc2cccnc2Cl)c(Br)c1. The van der Waals surface area contributed by atoms with Crippen molar-refractivity contribution in [2.24, 2.45) is 0 Å². The number of halogens is 3. The first kappa shape index (κ1) is 14.4. The summed E-state index contributed by atoms with van der Waals surface area (Å²) >= 11 is 15.1. The summed E-state index contributed by atoms with van der Waals surface area (Å²) in [6, 6.07) is 8.85. The Kier molecular flexibility index (Phi) is 5.31. The van der Waals surface area contributed by atoms with E-state index in [1.165, 1.54) is 0 Å². The highest BCUT2D eigenvalue weighted by atomic mass is 79.9. The number of hydrogen-bond donors (Lipinski definition) is 0. The third kappa shape index (κ3) is 4.27. The highest BCUT2D eigenvalue weighted by molar-refractivity contribution is 9.10. The van der Waals surface area contributed by atoms with E-state index < -0.39 is 0 Å².